The zero-order valence-corrected chi connectivity index (χ0v) is 7.82. The normalized spacial score (nSPS) is 9.57. The van der Waals surface area contributed by atoms with Gasteiger partial charge in [-0.1, -0.05) is 0 Å². The molecule has 0 amide bonds. The van der Waals surface area contributed by atoms with Crippen LogP contribution >= 0.6 is 0 Å². The minimum atomic E-state index is -0.499. The highest BCUT2D eigenvalue weighted by Crippen LogP contribution is 2.12. The maximum atomic E-state index is 10.9. The highest BCUT2D eigenvalue weighted by molar-refractivity contribution is 5.94. The van der Waals surface area contributed by atoms with Crippen molar-refractivity contribution in [1.82, 2.24) is 0 Å². The summed E-state index contributed by atoms with van der Waals surface area (Å²) < 4.78 is 4.82. The Kier molecular flexibility index (Phi) is 3.36. The first-order chi connectivity index (χ1) is 6.63. The topological polar surface area (TPSA) is 69.4 Å². The van der Waals surface area contributed by atoms with E-state index in [1.807, 2.05) is 0 Å². The number of ether oxygens (including phenoxy) is 1. The minimum absolute atomic E-state index is 0.0262. The molecule has 0 spiro atoms. The Bertz CT molecular complexity index is 343. The van der Waals surface area contributed by atoms with Gasteiger partial charge < -0.3 is 10.5 Å². The predicted molar refractivity (Wildman–Crippen MR) is 51.1 cm³/mol. The maximum absolute atomic E-state index is 10.9. The van der Waals surface area contributed by atoms with E-state index in [0.717, 1.165) is 0 Å². The van der Waals surface area contributed by atoms with Crippen molar-refractivity contribution >= 4 is 11.8 Å². The van der Waals surface area contributed by atoms with Crippen LogP contribution < -0.4 is 10.5 Å². The Morgan fingerprint density at radius 2 is 1.86 bits per heavy atom. The molecule has 0 aromatic heterocycles. The Hall–Kier alpha value is -1.68. The van der Waals surface area contributed by atoms with Gasteiger partial charge in [0.1, 0.15) is 5.75 Å². The highest BCUT2D eigenvalue weighted by atomic mass is 16.5. The molecule has 1 aromatic carbocycles. The summed E-state index contributed by atoms with van der Waals surface area (Å²) in [6.07, 6.45) is 0. The van der Waals surface area contributed by atoms with Crippen LogP contribution in [0.2, 0.25) is 0 Å². The lowest BCUT2D eigenvalue weighted by Gasteiger charge is -2.02. The van der Waals surface area contributed by atoms with Crippen molar-refractivity contribution in [3.63, 3.8) is 0 Å². The molecule has 74 valence electrons. The Morgan fingerprint density at radius 1 is 1.29 bits per heavy atom. The van der Waals surface area contributed by atoms with Crippen molar-refractivity contribution < 1.29 is 14.3 Å². The molecule has 2 N–H and O–H groups in total. The second kappa shape index (κ2) is 4.53. The first kappa shape index (κ1) is 10.4. The fourth-order valence-electron chi connectivity index (χ4n) is 0.931. The summed E-state index contributed by atoms with van der Waals surface area (Å²) in [7, 11) is 0. The molecule has 0 heterocycles. The van der Waals surface area contributed by atoms with Crippen LogP contribution in [0.15, 0.2) is 24.3 Å². The number of Topliss-reactive ketones (excluding diaryl/α,β-unsaturated/α-hetero) is 1. The van der Waals surface area contributed by atoms with Gasteiger partial charge in [0.15, 0.2) is 5.78 Å². The number of carbonyl (C=O) groups excluding carboxylic acids is 2. The third-order valence-corrected chi connectivity index (χ3v) is 1.66. The van der Waals surface area contributed by atoms with Gasteiger partial charge in [-0.3, -0.25) is 9.59 Å². The number of benzene rings is 1. The quantitative estimate of drug-likeness (QED) is 0.437. The summed E-state index contributed by atoms with van der Waals surface area (Å²) in [6, 6.07) is 6.32. The summed E-state index contributed by atoms with van der Waals surface area (Å²) in [5.41, 5.74) is 5.65. The van der Waals surface area contributed by atoms with Crippen LogP contribution in [0.4, 0.5) is 0 Å². The SMILES string of the molecule is CC(=O)c1ccc(OC(=O)CN)cc1. The number of rotatable bonds is 3. The van der Waals surface area contributed by atoms with Crippen molar-refractivity contribution in [1.29, 1.82) is 0 Å². The van der Waals surface area contributed by atoms with E-state index in [-0.39, 0.29) is 12.3 Å². The Morgan fingerprint density at radius 3 is 2.29 bits per heavy atom. The van der Waals surface area contributed by atoms with Crippen LogP contribution in [0.25, 0.3) is 0 Å². The summed E-state index contributed by atoms with van der Waals surface area (Å²) in [5.74, 6) is -0.132. The van der Waals surface area contributed by atoms with Crippen molar-refractivity contribution in [3.8, 4) is 5.75 Å². The van der Waals surface area contributed by atoms with E-state index in [9.17, 15) is 9.59 Å². The van der Waals surface area contributed by atoms with Gasteiger partial charge >= 0.3 is 5.97 Å². The van der Waals surface area contributed by atoms with Crippen molar-refractivity contribution in [2.45, 2.75) is 6.92 Å². The molecule has 0 bridgehead atoms. The standard InChI is InChI=1S/C10H11NO3/c1-7(12)8-2-4-9(5-3-8)14-10(13)6-11/h2-5H,6,11H2,1H3. The molecule has 4 nitrogen and oxygen atoms in total. The van der Waals surface area contributed by atoms with Crippen LogP contribution in [-0.4, -0.2) is 18.3 Å². The lowest BCUT2D eigenvalue weighted by atomic mass is 10.1. The molecular weight excluding hydrogens is 182 g/mol. The third kappa shape index (κ3) is 2.67. The summed E-state index contributed by atoms with van der Waals surface area (Å²) in [6.45, 7) is 1.31. The molecule has 4 heteroatoms. The largest absolute Gasteiger partial charge is 0.426 e. The molecule has 0 aliphatic rings. The minimum Gasteiger partial charge on any atom is -0.426 e. The van der Waals surface area contributed by atoms with Crippen LogP contribution in [0.3, 0.4) is 0 Å². The molecule has 14 heavy (non-hydrogen) atoms. The molecule has 0 unspecified atom stereocenters. The van der Waals surface area contributed by atoms with Crippen molar-refractivity contribution in [2.75, 3.05) is 6.54 Å². The predicted octanol–water partition coefficient (Wildman–Crippen LogP) is 0.753. The molecule has 0 saturated heterocycles. The van der Waals surface area contributed by atoms with Crippen LogP contribution in [0.1, 0.15) is 17.3 Å². The monoisotopic (exact) mass is 193 g/mol. The molecule has 1 aromatic rings. The average Bonchev–Trinajstić information content (AvgIpc) is 2.18. The molecule has 0 saturated carbocycles. The van der Waals surface area contributed by atoms with Gasteiger partial charge in [-0.25, -0.2) is 0 Å². The number of ketones is 1. The molecule has 0 aliphatic heterocycles. The Balaban J connectivity index is 2.73. The van der Waals surface area contributed by atoms with Crippen molar-refractivity contribution in [2.24, 2.45) is 5.73 Å². The molecular formula is C10H11NO3. The zero-order chi connectivity index (χ0) is 10.6. The summed E-state index contributed by atoms with van der Waals surface area (Å²) in [4.78, 5) is 21.7. The first-order valence-corrected chi connectivity index (χ1v) is 4.15. The number of hydrogen-bond acceptors (Lipinski definition) is 4. The van der Waals surface area contributed by atoms with Crippen LogP contribution in [0.5, 0.6) is 5.75 Å². The van der Waals surface area contributed by atoms with Crippen LogP contribution in [0, 0.1) is 0 Å². The van der Waals surface area contributed by atoms with Gasteiger partial charge in [0.25, 0.3) is 0 Å². The van der Waals surface area contributed by atoms with E-state index in [2.05, 4.69) is 0 Å². The first-order valence-electron chi connectivity index (χ1n) is 4.15. The summed E-state index contributed by atoms with van der Waals surface area (Å²) >= 11 is 0. The smallest absolute Gasteiger partial charge is 0.325 e. The van der Waals surface area contributed by atoms with E-state index < -0.39 is 5.97 Å². The van der Waals surface area contributed by atoms with E-state index in [1.54, 1.807) is 24.3 Å². The highest BCUT2D eigenvalue weighted by Gasteiger charge is 2.02. The van der Waals surface area contributed by atoms with Gasteiger partial charge in [-0.05, 0) is 31.2 Å². The lowest BCUT2D eigenvalue weighted by Crippen LogP contribution is -2.19. The van der Waals surface area contributed by atoms with Gasteiger partial charge in [0, 0.05) is 5.56 Å². The maximum Gasteiger partial charge on any atom is 0.325 e. The molecule has 0 atom stereocenters. The number of carbonyl (C=O) groups is 2. The van der Waals surface area contributed by atoms with Gasteiger partial charge in [-0.2, -0.15) is 0 Å². The fourth-order valence-corrected chi connectivity index (χ4v) is 0.931. The van der Waals surface area contributed by atoms with Crippen molar-refractivity contribution in [3.05, 3.63) is 29.8 Å². The van der Waals surface area contributed by atoms with Gasteiger partial charge in [0.2, 0.25) is 0 Å². The second-order valence-electron chi connectivity index (χ2n) is 2.76. The number of esters is 1. The molecule has 0 radical (unpaired) electrons. The third-order valence-electron chi connectivity index (χ3n) is 1.66. The average molecular weight is 193 g/mol. The second-order valence-corrected chi connectivity index (χ2v) is 2.76. The van der Waals surface area contributed by atoms with E-state index in [0.29, 0.717) is 11.3 Å². The lowest BCUT2D eigenvalue weighted by molar-refractivity contribution is -0.132. The molecule has 0 fully saturated rings. The van der Waals surface area contributed by atoms with E-state index in [1.165, 1.54) is 6.92 Å². The zero-order valence-electron chi connectivity index (χ0n) is 7.82. The van der Waals surface area contributed by atoms with E-state index in [4.69, 9.17) is 10.5 Å². The fraction of sp³-hybridized carbons (Fsp3) is 0.200. The number of nitrogens with two attached hydrogens (primary N) is 1. The number of hydrogen-bond donors (Lipinski definition) is 1. The van der Waals surface area contributed by atoms with Crippen LogP contribution in [-0.2, 0) is 4.79 Å². The molecule has 1 rings (SSSR count). The van der Waals surface area contributed by atoms with Gasteiger partial charge in [-0.15, -0.1) is 0 Å². The van der Waals surface area contributed by atoms with E-state index >= 15 is 0 Å². The molecule has 0 aliphatic carbocycles. The summed E-state index contributed by atoms with van der Waals surface area (Å²) in [5, 5.41) is 0. The Labute approximate surface area is 81.7 Å². The van der Waals surface area contributed by atoms with Gasteiger partial charge in [0.05, 0.1) is 6.54 Å².